The van der Waals surface area contributed by atoms with Crippen LogP contribution in [0.4, 0.5) is 0 Å². The van der Waals surface area contributed by atoms with Crippen LogP contribution in [0.1, 0.15) is 70.6 Å². The van der Waals surface area contributed by atoms with Gasteiger partial charge in [0.05, 0.1) is 0 Å². The number of benzene rings is 4. The molecule has 0 bridgehead atoms. The van der Waals surface area contributed by atoms with Gasteiger partial charge in [-0.15, -0.1) is 0 Å². The average Bonchev–Trinajstić information content (AvgIpc) is 3.08. The van der Waals surface area contributed by atoms with Crippen LogP contribution in [0.15, 0.2) is 150 Å². The molecule has 0 radical (unpaired) electrons. The van der Waals surface area contributed by atoms with Gasteiger partial charge >= 0.3 is 0 Å². The van der Waals surface area contributed by atoms with E-state index in [1.165, 1.54) is 66.7 Å². The molecule has 1 nitrogen and oxygen atoms in total. The zero-order chi connectivity index (χ0) is 33.6. The number of hydrogen-bond acceptors (Lipinski definition) is 1. The van der Waals surface area contributed by atoms with Crippen molar-refractivity contribution in [1.82, 2.24) is 0 Å². The largest absolute Gasteiger partial charge is 0.309 e. The molecule has 0 spiro atoms. The van der Waals surface area contributed by atoms with Gasteiger partial charge in [0.25, 0.3) is 0 Å². The van der Waals surface area contributed by atoms with E-state index in [1.54, 1.807) is 0 Å². The molecule has 47 heavy (non-hydrogen) atoms. The molecule has 4 rings (SSSR count). The molecule has 1 heteroatoms. The maximum absolute atomic E-state index is 7.92. The normalized spacial score (nSPS) is 13.8. The SMILES string of the molecule is C\C=C/C(/C=C/C(=C\C=N)C(=C/C=C\CC)/CCC)=C(/C=C\C)c1c2ccccc2c(-c2ccc(C)c(/C=C\C)c2)c2ccccc12. The quantitative estimate of drug-likeness (QED) is 0.0879. The molecule has 0 aliphatic rings. The maximum Gasteiger partial charge on any atom is 0.0183 e. The van der Waals surface area contributed by atoms with Gasteiger partial charge in [0, 0.05) is 6.21 Å². The lowest BCUT2D eigenvalue weighted by Crippen LogP contribution is -1.95. The third kappa shape index (κ3) is 8.23. The van der Waals surface area contributed by atoms with Gasteiger partial charge in [0.2, 0.25) is 0 Å². The summed E-state index contributed by atoms with van der Waals surface area (Å²) in [6.45, 7) is 12.8. The van der Waals surface area contributed by atoms with Crippen LogP contribution >= 0.6 is 0 Å². The van der Waals surface area contributed by atoms with Crippen LogP contribution in [0.25, 0.3) is 44.3 Å². The van der Waals surface area contributed by atoms with E-state index < -0.39 is 0 Å². The highest BCUT2D eigenvalue weighted by atomic mass is 14.3. The number of hydrogen-bond donors (Lipinski definition) is 1. The summed E-state index contributed by atoms with van der Waals surface area (Å²) in [4.78, 5) is 0. The van der Waals surface area contributed by atoms with Gasteiger partial charge in [-0.05, 0) is 124 Å². The molecule has 238 valence electrons. The minimum Gasteiger partial charge on any atom is -0.309 e. The summed E-state index contributed by atoms with van der Waals surface area (Å²) in [7, 11) is 0. The predicted octanol–water partition coefficient (Wildman–Crippen LogP) is 13.7. The predicted molar refractivity (Wildman–Crippen MR) is 211 cm³/mol. The Hall–Kier alpha value is -5.01. The Morgan fingerprint density at radius 1 is 0.723 bits per heavy atom. The minimum atomic E-state index is 0.952. The molecule has 0 aliphatic heterocycles. The topological polar surface area (TPSA) is 23.9 Å². The van der Waals surface area contributed by atoms with E-state index in [9.17, 15) is 0 Å². The van der Waals surface area contributed by atoms with E-state index in [0.717, 1.165) is 30.4 Å². The Balaban J connectivity index is 2.08. The van der Waals surface area contributed by atoms with Crippen molar-refractivity contribution in [2.75, 3.05) is 0 Å². The van der Waals surface area contributed by atoms with Crippen LogP contribution < -0.4 is 0 Å². The van der Waals surface area contributed by atoms with Gasteiger partial charge in [-0.1, -0.05) is 148 Å². The molecule has 0 aliphatic carbocycles. The number of fused-ring (bicyclic) bond motifs is 2. The Bertz CT molecular complexity index is 1910. The first-order valence-electron chi connectivity index (χ1n) is 16.9. The standard InChI is InChI=1S/C46H49N/c1-7-12-13-22-35(18-8-2)36(31-32-47)29-30-37(19-9-3)40(21-11-5)46-43-25-16-14-23-41(43)45(42-24-15-17-26-44(42)46)39-28-27-34(6)38(33-39)20-10-4/h9-17,19-33,47H,7-8,18H2,1-6H3/b13-12-,19-9-,20-10-,21-11-,30-29+,35-22+,36-31+,40-37+,47-32?. The first-order valence-corrected chi connectivity index (χ1v) is 16.9. The van der Waals surface area contributed by atoms with Crippen molar-refractivity contribution in [3.63, 3.8) is 0 Å². The van der Waals surface area contributed by atoms with Crippen LogP contribution in [-0.4, -0.2) is 6.21 Å². The fourth-order valence-electron chi connectivity index (χ4n) is 6.24. The van der Waals surface area contributed by atoms with Crippen LogP contribution in [0.2, 0.25) is 0 Å². The molecule has 0 aromatic heterocycles. The Morgan fingerprint density at radius 3 is 1.96 bits per heavy atom. The highest BCUT2D eigenvalue weighted by Gasteiger charge is 2.18. The van der Waals surface area contributed by atoms with Gasteiger partial charge in [-0.3, -0.25) is 0 Å². The van der Waals surface area contributed by atoms with Crippen LogP contribution in [0.3, 0.4) is 0 Å². The highest BCUT2D eigenvalue weighted by Crippen LogP contribution is 2.43. The number of rotatable bonds is 13. The van der Waals surface area contributed by atoms with Crippen LogP contribution in [0.5, 0.6) is 0 Å². The summed E-state index contributed by atoms with van der Waals surface area (Å²) >= 11 is 0. The summed E-state index contributed by atoms with van der Waals surface area (Å²) in [5.41, 5.74) is 10.8. The van der Waals surface area contributed by atoms with Gasteiger partial charge in [0.1, 0.15) is 0 Å². The molecule has 0 unspecified atom stereocenters. The van der Waals surface area contributed by atoms with E-state index >= 15 is 0 Å². The molecule has 4 aromatic rings. The van der Waals surface area contributed by atoms with Gasteiger partial charge in [-0.25, -0.2) is 0 Å². The third-order valence-electron chi connectivity index (χ3n) is 8.37. The zero-order valence-electron chi connectivity index (χ0n) is 29.0. The van der Waals surface area contributed by atoms with Crippen molar-refractivity contribution < 1.29 is 0 Å². The van der Waals surface area contributed by atoms with E-state index in [2.05, 4.69) is 175 Å². The molecule has 0 fully saturated rings. The minimum absolute atomic E-state index is 0.952. The van der Waals surface area contributed by atoms with E-state index in [0.29, 0.717) is 0 Å². The van der Waals surface area contributed by atoms with Gasteiger partial charge in [-0.2, -0.15) is 0 Å². The molecular formula is C46H49N. The summed E-state index contributed by atoms with van der Waals surface area (Å²) in [5, 5.41) is 12.9. The Morgan fingerprint density at radius 2 is 1.38 bits per heavy atom. The summed E-state index contributed by atoms with van der Waals surface area (Å²) in [6.07, 6.45) is 30.2. The monoisotopic (exact) mass is 615 g/mol. The lowest BCUT2D eigenvalue weighted by Gasteiger charge is -2.20. The fourth-order valence-corrected chi connectivity index (χ4v) is 6.24. The molecule has 4 aromatic carbocycles. The molecule has 0 heterocycles. The second-order valence-electron chi connectivity index (χ2n) is 11.7. The fraction of sp³-hybridized carbons (Fsp3) is 0.196. The van der Waals surface area contributed by atoms with Crippen molar-refractivity contribution in [1.29, 1.82) is 5.41 Å². The van der Waals surface area contributed by atoms with E-state index in [1.807, 2.05) is 6.08 Å². The zero-order valence-corrected chi connectivity index (χ0v) is 29.0. The second kappa shape index (κ2) is 17.6. The molecular weight excluding hydrogens is 567 g/mol. The van der Waals surface area contributed by atoms with Crippen molar-refractivity contribution in [2.45, 2.75) is 60.8 Å². The Labute approximate surface area is 283 Å². The van der Waals surface area contributed by atoms with Crippen molar-refractivity contribution in [2.24, 2.45) is 0 Å². The van der Waals surface area contributed by atoms with Crippen molar-refractivity contribution in [3.8, 4) is 11.1 Å². The smallest absolute Gasteiger partial charge is 0.0183 e. The number of allylic oxidation sites excluding steroid dienone is 15. The first-order chi connectivity index (χ1) is 23.0. The van der Waals surface area contributed by atoms with E-state index in [-0.39, 0.29) is 0 Å². The number of nitrogens with one attached hydrogen (secondary N) is 1. The Kier molecular flexibility index (Phi) is 13.1. The van der Waals surface area contributed by atoms with E-state index in [4.69, 9.17) is 5.41 Å². The lowest BCUT2D eigenvalue weighted by molar-refractivity contribution is 0.918. The van der Waals surface area contributed by atoms with Gasteiger partial charge in [0.15, 0.2) is 0 Å². The summed E-state index contributed by atoms with van der Waals surface area (Å²) < 4.78 is 0. The third-order valence-corrected chi connectivity index (χ3v) is 8.37. The molecule has 0 saturated heterocycles. The first kappa shape index (κ1) is 34.9. The summed E-state index contributed by atoms with van der Waals surface area (Å²) in [6, 6.07) is 24.5. The summed E-state index contributed by atoms with van der Waals surface area (Å²) in [5.74, 6) is 0. The second-order valence-corrected chi connectivity index (χ2v) is 11.7. The van der Waals surface area contributed by atoms with Gasteiger partial charge < -0.3 is 5.41 Å². The van der Waals surface area contributed by atoms with Crippen LogP contribution in [-0.2, 0) is 0 Å². The molecule has 0 amide bonds. The molecule has 0 saturated carbocycles. The molecule has 0 atom stereocenters. The van der Waals surface area contributed by atoms with Crippen molar-refractivity contribution in [3.05, 3.63) is 167 Å². The number of aryl methyl sites for hydroxylation is 1. The molecule has 1 N–H and O–H groups in total. The van der Waals surface area contributed by atoms with Crippen molar-refractivity contribution >= 4 is 39.4 Å². The van der Waals surface area contributed by atoms with Crippen LogP contribution in [0, 0.1) is 12.3 Å². The lowest BCUT2D eigenvalue weighted by atomic mass is 9.83. The maximum atomic E-state index is 7.92. The highest BCUT2D eigenvalue weighted by molar-refractivity contribution is 6.20. The average molecular weight is 616 g/mol.